The third-order valence-corrected chi connectivity index (χ3v) is 2.55. The Bertz CT molecular complexity index is 520. The topological polar surface area (TPSA) is 104 Å². The number of nitrogens with zero attached hydrogens (tertiary/aromatic N) is 1. The molecule has 0 saturated carbocycles. The molecule has 8 heteroatoms. The largest absolute Gasteiger partial charge is 1.00 e. The number of carboxylic acids is 1. The molecule has 1 aromatic heterocycles. The second kappa shape index (κ2) is 6.00. The van der Waals surface area contributed by atoms with E-state index in [-0.39, 0.29) is 31.8 Å². The summed E-state index contributed by atoms with van der Waals surface area (Å²) in [5.74, 6) is -1.91. The van der Waals surface area contributed by atoms with E-state index in [0.717, 1.165) is 0 Å². The molecule has 0 saturated heterocycles. The number of esters is 1. The van der Waals surface area contributed by atoms with E-state index in [0.29, 0.717) is 11.5 Å². The van der Waals surface area contributed by atoms with Crippen molar-refractivity contribution in [3.05, 3.63) is 17.3 Å². The standard InChI is InChI=1S/C12H16N2O5.Li/c1-12(2,3)19-11(17)7-4-6-8(5-13-7)18-9(14-6)10(15)16;/h7,13H,4-5H2,1-3H3,(H,15,16);/q;+1/p-1. The number of rotatable bonds is 2. The van der Waals surface area contributed by atoms with Crippen molar-refractivity contribution in [2.75, 3.05) is 0 Å². The maximum atomic E-state index is 11.9. The minimum absolute atomic E-state index is 0. The van der Waals surface area contributed by atoms with Crippen molar-refractivity contribution < 1.29 is 42.7 Å². The first-order valence-electron chi connectivity index (χ1n) is 5.92. The monoisotopic (exact) mass is 274 g/mol. The SMILES string of the molecule is CC(C)(C)OC(=O)C1Cc2nc(C(=O)[O-])oc2CN1.[Li+]. The van der Waals surface area contributed by atoms with Gasteiger partial charge in [0.25, 0.3) is 0 Å². The molecule has 1 unspecified atom stereocenters. The number of carboxylic acid groups (broad SMARTS) is 1. The molecule has 1 N–H and O–H groups in total. The second-order valence-electron chi connectivity index (χ2n) is 5.35. The van der Waals surface area contributed by atoms with Crippen LogP contribution in [0.1, 0.15) is 42.9 Å². The van der Waals surface area contributed by atoms with Crippen LogP contribution in [0.25, 0.3) is 0 Å². The fraction of sp³-hybridized carbons (Fsp3) is 0.583. The summed E-state index contributed by atoms with van der Waals surface area (Å²) in [7, 11) is 0. The van der Waals surface area contributed by atoms with Crippen molar-refractivity contribution in [1.29, 1.82) is 0 Å². The molecule has 2 heterocycles. The number of aromatic carboxylic acids is 1. The van der Waals surface area contributed by atoms with Crippen LogP contribution in [0.4, 0.5) is 0 Å². The van der Waals surface area contributed by atoms with Gasteiger partial charge in [0.1, 0.15) is 23.4 Å². The number of carbonyl (C=O) groups is 2. The van der Waals surface area contributed by atoms with E-state index in [4.69, 9.17) is 9.15 Å². The van der Waals surface area contributed by atoms with Gasteiger partial charge < -0.3 is 19.1 Å². The van der Waals surface area contributed by atoms with Gasteiger partial charge in [-0.3, -0.25) is 10.1 Å². The molecule has 0 fully saturated rings. The molecule has 104 valence electrons. The van der Waals surface area contributed by atoms with Crippen molar-refractivity contribution in [3.63, 3.8) is 0 Å². The van der Waals surface area contributed by atoms with Gasteiger partial charge in [0.05, 0.1) is 12.2 Å². The summed E-state index contributed by atoms with van der Waals surface area (Å²) in [4.78, 5) is 26.3. The van der Waals surface area contributed by atoms with Gasteiger partial charge in [-0.1, -0.05) is 0 Å². The first-order chi connectivity index (χ1) is 8.76. The summed E-state index contributed by atoms with van der Waals surface area (Å²) < 4.78 is 10.3. The number of oxazole rings is 1. The zero-order valence-corrected chi connectivity index (χ0v) is 12.0. The third-order valence-electron chi connectivity index (χ3n) is 2.55. The quantitative estimate of drug-likeness (QED) is 0.439. The maximum absolute atomic E-state index is 11.9. The predicted octanol–water partition coefficient (Wildman–Crippen LogP) is -3.60. The van der Waals surface area contributed by atoms with Crippen LogP contribution in [0.3, 0.4) is 0 Å². The molecule has 0 bridgehead atoms. The molecule has 20 heavy (non-hydrogen) atoms. The van der Waals surface area contributed by atoms with E-state index in [1.54, 1.807) is 20.8 Å². The number of hydrogen-bond acceptors (Lipinski definition) is 7. The molecule has 1 aliphatic rings. The Morgan fingerprint density at radius 1 is 1.45 bits per heavy atom. The van der Waals surface area contributed by atoms with E-state index < -0.39 is 29.5 Å². The van der Waals surface area contributed by atoms with E-state index in [1.807, 2.05) is 0 Å². The van der Waals surface area contributed by atoms with Crippen LogP contribution in [-0.4, -0.2) is 28.6 Å². The predicted molar refractivity (Wildman–Crippen MR) is 61.0 cm³/mol. The summed E-state index contributed by atoms with van der Waals surface area (Å²) in [5, 5.41) is 13.6. The Hall–Kier alpha value is -1.29. The van der Waals surface area contributed by atoms with Crippen LogP contribution in [0.15, 0.2) is 4.42 Å². The molecule has 0 aliphatic carbocycles. The van der Waals surface area contributed by atoms with Gasteiger partial charge in [-0.25, -0.2) is 4.98 Å². The Morgan fingerprint density at radius 2 is 2.10 bits per heavy atom. The molecule has 0 amide bonds. The van der Waals surface area contributed by atoms with Crippen LogP contribution >= 0.6 is 0 Å². The average Bonchev–Trinajstić information content (AvgIpc) is 2.69. The fourth-order valence-electron chi connectivity index (χ4n) is 1.79. The summed E-state index contributed by atoms with van der Waals surface area (Å²) >= 11 is 0. The first-order valence-corrected chi connectivity index (χ1v) is 5.92. The molecule has 0 radical (unpaired) electrons. The molecule has 0 spiro atoms. The molecular formula is C12H15LiN2O5. The van der Waals surface area contributed by atoms with Crippen molar-refractivity contribution in [1.82, 2.24) is 10.3 Å². The number of ether oxygens (including phenoxy) is 1. The van der Waals surface area contributed by atoms with Gasteiger partial charge in [0, 0.05) is 6.42 Å². The van der Waals surface area contributed by atoms with Crippen LogP contribution in [0, 0.1) is 0 Å². The maximum Gasteiger partial charge on any atom is 1.00 e. The Morgan fingerprint density at radius 3 is 2.65 bits per heavy atom. The van der Waals surface area contributed by atoms with Gasteiger partial charge >= 0.3 is 24.8 Å². The average molecular weight is 274 g/mol. The van der Waals surface area contributed by atoms with Crippen molar-refractivity contribution in [2.45, 2.75) is 45.4 Å². The van der Waals surface area contributed by atoms with Gasteiger partial charge in [-0.15, -0.1) is 0 Å². The third kappa shape index (κ3) is 3.85. The summed E-state index contributed by atoms with van der Waals surface area (Å²) in [6.45, 7) is 5.58. The number of fused-ring (bicyclic) bond motifs is 1. The van der Waals surface area contributed by atoms with Crippen LogP contribution in [-0.2, 0) is 22.5 Å². The second-order valence-corrected chi connectivity index (χ2v) is 5.35. The molecule has 1 aromatic rings. The number of aromatic nitrogens is 1. The van der Waals surface area contributed by atoms with Gasteiger partial charge in [0.2, 0.25) is 5.89 Å². The number of hydrogen-bond donors (Lipinski definition) is 1. The minimum Gasteiger partial charge on any atom is -0.540 e. The normalized spacial score (nSPS) is 17.9. The minimum atomic E-state index is -1.47. The van der Waals surface area contributed by atoms with E-state index >= 15 is 0 Å². The van der Waals surface area contributed by atoms with Crippen molar-refractivity contribution >= 4 is 11.9 Å². The van der Waals surface area contributed by atoms with E-state index in [1.165, 1.54) is 0 Å². The van der Waals surface area contributed by atoms with Crippen molar-refractivity contribution in [3.8, 4) is 0 Å². The van der Waals surface area contributed by atoms with Crippen LogP contribution in [0.2, 0.25) is 0 Å². The van der Waals surface area contributed by atoms with Gasteiger partial charge in [-0.2, -0.15) is 0 Å². The summed E-state index contributed by atoms with van der Waals surface area (Å²) in [6.07, 6.45) is 0.237. The fourth-order valence-corrected chi connectivity index (χ4v) is 1.79. The molecule has 7 nitrogen and oxygen atoms in total. The van der Waals surface area contributed by atoms with E-state index in [9.17, 15) is 14.7 Å². The molecule has 1 aliphatic heterocycles. The Balaban J connectivity index is 0.00000200. The molecular weight excluding hydrogens is 259 g/mol. The smallest absolute Gasteiger partial charge is 0.540 e. The Kier molecular flexibility index (Phi) is 5.03. The van der Waals surface area contributed by atoms with Gasteiger partial charge in [0.15, 0.2) is 0 Å². The van der Waals surface area contributed by atoms with Crippen LogP contribution in [0.5, 0.6) is 0 Å². The number of carbonyl (C=O) groups excluding carboxylic acids is 2. The summed E-state index contributed by atoms with van der Waals surface area (Å²) in [6, 6.07) is -0.550. The van der Waals surface area contributed by atoms with Crippen molar-refractivity contribution in [2.24, 2.45) is 0 Å². The number of nitrogens with one attached hydrogen (secondary N) is 1. The molecule has 2 rings (SSSR count). The zero-order valence-electron chi connectivity index (χ0n) is 12.0. The molecule has 0 aromatic carbocycles. The molecule has 1 atom stereocenters. The van der Waals surface area contributed by atoms with E-state index in [2.05, 4.69) is 10.3 Å². The zero-order chi connectivity index (χ0) is 14.2. The van der Waals surface area contributed by atoms with Gasteiger partial charge in [-0.05, 0) is 20.8 Å². The van der Waals surface area contributed by atoms with Crippen LogP contribution < -0.4 is 29.3 Å². The Labute approximate surface area is 128 Å². The first kappa shape index (κ1) is 16.8. The summed E-state index contributed by atoms with van der Waals surface area (Å²) in [5.41, 5.74) is -0.118.